The van der Waals surface area contributed by atoms with Crippen LogP contribution in [-0.4, -0.2) is 69.5 Å². The van der Waals surface area contributed by atoms with Gasteiger partial charge in [0, 0.05) is 33.3 Å². The molecule has 0 fully saturated rings. The van der Waals surface area contributed by atoms with E-state index in [1.807, 2.05) is 18.9 Å². The normalized spacial score (nSPS) is 15.4. The first kappa shape index (κ1) is 20.5. The zero-order chi connectivity index (χ0) is 20.0. The van der Waals surface area contributed by atoms with Crippen LogP contribution in [0.3, 0.4) is 0 Å². The van der Waals surface area contributed by atoms with E-state index in [1.54, 1.807) is 32.3 Å². The summed E-state index contributed by atoms with van der Waals surface area (Å²) >= 11 is 0. The Labute approximate surface area is 159 Å². The van der Waals surface area contributed by atoms with Crippen LogP contribution in [0.4, 0.5) is 5.69 Å². The van der Waals surface area contributed by atoms with E-state index in [-0.39, 0.29) is 36.7 Å². The molecule has 3 amide bonds. The van der Waals surface area contributed by atoms with Gasteiger partial charge in [0.05, 0.1) is 24.7 Å². The number of hydrogen-bond acceptors (Lipinski definition) is 5. The Balaban J connectivity index is 1.98. The monoisotopic (exact) mass is 376 g/mol. The Kier molecular flexibility index (Phi) is 7.04. The van der Waals surface area contributed by atoms with Gasteiger partial charge in [0.25, 0.3) is 5.91 Å². The molecule has 2 rings (SSSR count). The zero-order valence-electron chi connectivity index (χ0n) is 16.4. The summed E-state index contributed by atoms with van der Waals surface area (Å²) < 4.78 is 5.76. The first-order valence-corrected chi connectivity index (χ1v) is 9.08. The maximum absolute atomic E-state index is 12.2. The third-order valence-electron chi connectivity index (χ3n) is 4.41. The van der Waals surface area contributed by atoms with Crippen molar-refractivity contribution >= 4 is 23.4 Å². The second-order valence-corrected chi connectivity index (χ2v) is 6.79. The van der Waals surface area contributed by atoms with Crippen LogP contribution in [0.2, 0.25) is 0 Å². The molecule has 148 valence electrons. The van der Waals surface area contributed by atoms with E-state index in [9.17, 15) is 14.4 Å². The van der Waals surface area contributed by atoms with Crippen LogP contribution in [0.1, 0.15) is 30.1 Å². The highest BCUT2D eigenvalue weighted by Crippen LogP contribution is 2.34. The van der Waals surface area contributed by atoms with Gasteiger partial charge < -0.3 is 25.2 Å². The Morgan fingerprint density at radius 3 is 2.63 bits per heavy atom. The van der Waals surface area contributed by atoms with E-state index in [0.29, 0.717) is 24.5 Å². The number of amides is 3. The Hall–Kier alpha value is -2.77. The summed E-state index contributed by atoms with van der Waals surface area (Å²) in [6, 6.07) is 5.11. The number of fused-ring (bicyclic) bond motifs is 1. The lowest BCUT2D eigenvalue weighted by molar-refractivity contribution is -0.126. The largest absolute Gasteiger partial charge is 0.489 e. The van der Waals surface area contributed by atoms with Gasteiger partial charge in [0.2, 0.25) is 11.8 Å². The number of carbonyl (C=O) groups is 3. The number of benzene rings is 1. The molecule has 1 unspecified atom stereocenters. The van der Waals surface area contributed by atoms with Crippen molar-refractivity contribution in [1.29, 1.82) is 0 Å². The van der Waals surface area contributed by atoms with E-state index in [0.717, 1.165) is 12.1 Å². The Morgan fingerprint density at radius 1 is 1.22 bits per heavy atom. The van der Waals surface area contributed by atoms with Gasteiger partial charge in [-0.25, -0.2) is 0 Å². The fourth-order valence-corrected chi connectivity index (χ4v) is 2.79. The average molecular weight is 376 g/mol. The number of hydrogen-bond donors (Lipinski definition) is 2. The quantitative estimate of drug-likeness (QED) is 0.728. The van der Waals surface area contributed by atoms with Crippen LogP contribution in [0.5, 0.6) is 5.75 Å². The van der Waals surface area contributed by atoms with Crippen molar-refractivity contribution in [2.75, 3.05) is 45.7 Å². The van der Waals surface area contributed by atoms with E-state index < -0.39 is 0 Å². The number of rotatable bonds is 7. The van der Waals surface area contributed by atoms with Gasteiger partial charge in [-0.3, -0.25) is 14.4 Å². The van der Waals surface area contributed by atoms with Gasteiger partial charge in [-0.05, 0) is 24.6 Å². The minimum atomic E-state index is -0.217. The molecule has 0 saturated carbocycles. The molecule has 0 saturated heterocycles. The summed E-state index contributed by atoms with van der Waals surface area (Å²) in [4.78, 5) is 39.4. The molecule has 0 radical (unpaired) electrons. The predicted molar refractivity (Wildman–Crippen MR) is 103 cm³/mol. The lowest BCUT2D eigenvalue weighted by Crippen LogP contribution is -2.45. The van der Waals surface area contributed by atoms with Crippen molar-refractivity contribution < 1.29 is 19.1 Å². The van der Waals surface area contributed by atoms with Crippen LogP contribution in [0.25, 0.3) is 0 Å². The maximum atomic E-state index is 12.2. The fourth-order valence-electron chi connectivity index (χ4n) is 2.79. The smallest absolute Gasteiger partial charge is 0.253 e. The van der Waals surface area contributed by atoms with E-state index in [1.165, 1.54) is 4.90 Å². The van der Waals surface area contributed by atoms with Crippen molar-refractivity contribution in [3.63, 3.8) is 0 Å². The molecular formula is C19H28N4O4. The third kappa shape index (κ3) is 5.35. The summed E-state index contributed by atoms with van der Waals surface area (Å²) in [6.45, 7) is 2.89. The molecule has 1 atom stereocenters. The standard InChI is InChI=1S/C19H28N4O4/c1-5-8-20-18(25)11-21-17(24)10-14-12-27-16-7-6-13(19(26)22(2)3)9-15(16)23(14)4/h6-7,9,14H,5,8,10-12H2,1-4H3,(H,20,25)(H,21,24). The minimum absolute atomic E-state index is 0.0335. The molecule has 27 heavy (non-hydrogen) atoms. The van der Waals surface area contributed by atoms with Crippen LogP contribution in [-0.2, 0) is 9.59 Å². The molecule has 1 aromatic carbocycles. The van der Waals surface area contributed by atoms with Crippen molar-refractivity contribution in [3.8, 4) is 5.75 Å². The highest BCUT2D eigenvalue weighted by atomic mass is 16.5. The van der Waals surface area contributed by atoms with Gasteiger partial charge in [0.1, 0.15) is 12.4 Å². The summed E-state index contributed by atoms with van der Waals surface area (Å²) in [5.41, 5.74) is 1.33. The van der Waals surface area contributed by atoms with E-state index in [4.69, 9.17) is 4.74 Å². The molecule has 1 heterocycles. The number of nitrogens with one attached hydrogen (secondary N) is 2. The first-order chi connectivity index (χ1) is 12.8. The lowest BCUT2D eigenvalue weighted by Gasteiger charge is -2.35. The SMILES string of the molecule is CCCNC(=O)CNC(=O)CC1COc2ccc(C(=O)N(C)C)cc2N1C. The van der Waals surface area contributed by atoms with Gasteiger partial charge in [-0.1, -0.05) is 6.92 Å². The summed E-state index contributed by atoms with van der Waals surface area (Å²) in [6.07, 6.45) is 1.05. The predicted octanol–water partition coefficient (Wildman–Crippen LogP) is 0.618. The number of ether oxygens (including phenoxy) is 1. The van der Waals surface area contributed by atoms with Gasteiger partial charge >= 0.3 is 0 Å². The Bertz CT molecular complexity index is 705. The van der Waals surface area contributed by atoms with Crippen molar-refractivity contribution in [2.24, 2.45) is 0 Å². The average Bonchev–Trinajstić information content (AvgIpc) is 2.66. The molecule has 8 heteroatoms. The molecule has 1 aliphatic heterocycles. The van der Waals surface area contributed by atoms with Gasteiger partial charge in [0.15, 0.2) is 0 Å². The van der Waals surface area contributed by atoms with Crippen molar-refractivity contribution in [2.45, 2.75) is 25.8 Å². The van der Waals surface area contributed by atoms with Crippen LogP contribution in [0.15, 0.2) is 18.2 Å². The molecule has 0 aromatic heterocycles. The fraction of sp³-hybridized carbons (Fsp3) is 0.526. The second-order valence-electron chi connectivity index (χ2n) is 6.79. The number of likely N-dealkylation sites (N-methyl/N-ethyl adjacent to an activating group) is 1. The van der Waals surface area contributed by atoms with Crippen molar-refractivity contribution in [3.05, 3.63) is 23.8 Å². The minimum Gasteiger partial charge on any atom is -0.489 e. The van der Waals surface area contributed by atoms with Crippen LogP contribution < -0.4 is 20.3 Å². The molecule has 1 aromatic rings. The van der Waals surface area contributed by atoms with Gasteiger partial charge in [-0.2, -0.15) is 0 Å². The first-order valence-electron chi connectivity index (χ1n) is 9.08. The molecule has 1 aliphatic rings. The van der Waals surface area contributed by atoms with E-state index >= 15 is 0 Å². The third-order valence-corrected chi connectivity index (χ3v) is 4.41. The topological polar surface area (TPSA) is 91.0 Å². The lowest BCUT2D eigenvalue weighted by atomic mass is 10.1. The molecule has 0 aliphatic carbocycles. The summed E-state index contributed by atoms with van der Waals surface area (Å²) in [7, 11) is 5.27. The highest BCUT2D eigenvalue weighted by Gasteiger charge is 2.28. The van der Waals surface area contributed by atoms with Gasteiger partial charge in [-0.15, -0.1) is 0 Å². The zero-order valence-corrected chi connectivity index (χ0v) is 16.4. The number of carbonyl (C=O) groups excluding carboxylic acids is 3. The maximum Gasteiger partial charge on any atom is 0.253 e. The van der Waals surface area contributed by atoms with Crippen LogP contribution >= 0.6 is 0 Å². The summed E-state index contributed by atoms with van der Waals surface area (Å²) in [5.74, 6) is 0.175. The molecule has 8 nitrogen and oxygen atoms in total. The number of anilines is 1. The number of nitrogens with zero attached hydrogens (tertiary/aromatic N) is 2. The molecule has 0 bridgehead atoms. The van der Waals surface area contributed by atoms with Crippen LogP contribution in [0, 0.1) is 0 Å². The molecular weight excluding hydrogens is 348 g/mol. The van der Waals surface area contributed by atoms with E-state index in [2.05, 4.69) is 10.6 Å². The summed E-state index contributed by atoms with van der Waals surface area (Å²) in [5, 5.41) is 5.35. The molecule has 2 N–H and O–H groups in total. The Morgan fingerprint density at radius 2 is 1.96 bits per heavy atom. The van der Waals surface area contributed by atoms with Crippen molar-refractivity contribution in [1.82, 2.24) is 15.5 Å². The highest BCUT2D eigenvalue weighted by molar-refractivity contribution is 5.95. The molecule has 0 spiro atoms. The second kappa shape index (κ2) is 9.25.